The van der Waals surface area contributed by atoms with Crippen LogP contribution in [0.25, 0.3) is 11.3 Å². The Balaban J connectivity index is 2.49. The molecule has 1 aromatic heterocycles. The second-order valence-corrected chi connectivity index (χ2v) is 3.31. The van der Waals surface area contributed by atoms with Crippen molar-refractivity contribution in [3.8, 4) is 11.3 Å². The Morgan fingerprint density at radius 1 is 1.35 bits per heavy atom. The van der Waals surface area contributed by atoms with Gasteiger partial charge in [0.2, 0.25) is 0 Å². The van der Waals surface area contributed by atoms with Gasteiger partial charge in [0.15, 0.2) is 5.69 Å². The molecule has 0 radical (unpaired) electrons. The third-order valence-corrected chi connectivity index (χ3v) is 2.19. The lowest BCUT2D eigenvalue weighted by Crippen LogP contribution is -2.12. The summed E-state index contributed by atoms with van der Waals surface area (Å²) in [7, 11) is 0. The fraction of sp³-hybridized carbons (Fsp3) is 0.100. The molecule has 0 fully saturated rings. The monoisotopic (exact) mass is 238 g/mol. The van der Waals surface area contributed by atoms with Gasteiger partial charge in [-0.05, 0) is 6.07 Å². The van der Waals surface area contributed by atoms with Crippen LogP contribution in [0.3, 0.4) is 0 Å². The molecule has 1 aromatic carbocycles. The number of carbonyl (C=O) groups excluding carboxylic acids is 1. The van der Waals surface area contributed by atoms with Crippen molar-refractivity contribution in [3.63, 3.8) is 0 Å². The molecule has 7 heteroatoms. The maximum Gasteiger partial charge on any atom is 0.271 e. The van der Waals surface area contributed by atoms with E-state index in [1.807, 2.05) is 0 Å². The van der Waals surface area contributed by atoms with Crippen LogP contribution in [0.15, 0.2) is 24.3 Å². The van der Waals surface area contributed by atoms with Crippen LogP contribution < -0.4 is 5.73 Å². The second kappa shape index (κ2) is 4.28. The van der Waals surface area contributed by atoms with Crippen molar-refractivity contribution in [2.24, 2.45) is 5.73 Å². The number of amides is 1. The molecule has 2 aromatic rings. The van der Waals surface area contributed by atoms with Gasteiger partial charge in [-0.25, -0.2) is 8.78 Å². The molecule has 88 valence electrons. The number of rotatable bonds is 3. The van der Waals surface area contributed by atoms with Gasteiger partial charge in [-0.2, -0.15) is 15.4 Å². The minimum atomic E-state index is -2.58. The van der Waals surface area contributed by atoms with E-state index in [1.54, 1.807) is 6.07 Å². The Morgan fingerprint density at radius 2 is 2.12 bits per heavy atom. The SMILES string of the molecule is NC(=O)c1n[nH]nc1-c1cccc(C(F)F)c1. The zero-order valence-corrected chi connectivity index (χ0v) is 8.52. The maximum atomic E-state index is 12.5. The van der Waals surface area contributed by atoms with E-state index in [-0.39, 0.29) is 17.0 Å². The lowest BCUT2D eigenvalue weighted by atomic mass is 10.1. The lowest BCUT2D eigenvalue weighted by molar-refractivity contribution is 0.0996. The van der Waals surface area contributed by atoms with Gasteiger partial charge in [-0.15, -0.1) is 0 Å². The molecule has 0 saturated carbocycles. The molecule has 0 aliphatic heterocycles. The van der Waals surface area contributed by atoms with E-state index in [2.05, 4.69) is 15.4 Å². The van der Waals surface area contributed by atoms with Crippen molar-refractivity contribution in [1.82, 2.24) is 15.4 Å². The van der Waals surface area contributed by atoms with Gasteiger partial charge in [-0.1, -0.05) is 18.2 Å². The Labute approximate surface area is 94.6 Å². The van der Waals surface area contributed by atoms with Crippen molar-refractivity contribution in [3.05, 3.63) is 35.5 Å². The smallest absolute Gasteiger partial charge is 0.271 e. The highest BCUT2D eigenvalue weighted by molar-refractivity contribution is 5.96. The molecule has 17 heavy (non-hydrogen) atoms. The highest BCUT2D eigenvalue weighted by Gasteiger charge is 2.16. The third-order valence-electron chi connectivity index (χ3n) is 2.19. The zero-order chi connectivity index (χ0) is 12.4. The average Bonchev–Trinajstić information content (AvgIpc) is 2.78. The number of hydrogen-bond donors (Lipinski definition) is 2. The zero-order valence-electron chi connectivity index (χ0n) is 8.52. The highest BCUT2D eigenvalue weighted by Crippen LogP contribution is 2.25. The minimum Gasteiger partial charge on any atom is -0.364 e. The molecule has 1 heterocycles. The van der Waals surface area contributed by atoms with Gasteiger partial charge in [0.05, 0.1) is 0 Å². The molecule has 3 N–H and O–H groups in total. The summed E-state index contributed by atoms with van der Waals surface area (Å²) in [5.74, 6) is -0.767. The molecular formula is C10H8F2N4O. The number of aromatic amines is 1. The van der Waals surface area contributed by atoms with E-state index < -0.39 is 12.3 Å². The molecule has 0 saturated heterocycles. The Kier molecular flexibility index (Phi) is 2.82. The molecule has 0 atom stereocenters. The van der Waals surface area contributed by atoms with E-state index in [0.29, 0.717) is 5.56 Å². The molecule has 1 amide bonds. The first-order valence-corrected chi connectivity index (χ1v) is 4.68. The van der Waals surface area contributed by atoms with Crippen LogP contribution >= 0.6 is 0 Å². The number of primary amides is 1. The van der Waals surface area contributed by atoms with Crippen LogP contribution in [0.2, 0.25) is 0 Å². The Hall–Kier alpha value is -2.31. The van der Waals surface area contributed by atoms with Gasteiger partial charge in [0.1, 0.15) is 5.69 Å². The number of carbonyl (C=O) groups is 1. The lowest BCUT2D eigenvalue weighted by Gasteiger charge is -2.02. The molecule has 5 nitrogen and oxygen atoms in total. The molecule has 0 bridgehead atoms. The minimum absolute atomic E-state index is 0.0728. The average molecular weight is 238 g/mol. The predicted octanol–water partition coefficient (Wildman–Crippen LogP) is 1.51. The van der Waals surface area contributed by atoms with Gasteiger partial charge in [-0.3, -0.25) is 4.79 Å². The summed E-state index contributed by atoms with van der Waals surface area (Å²) in [5, 5.41) is 9.53. The number of H-pyrrole nitrogens is 1. The standard InChI is InChI=1S/C10H8F2N4O/c11-9(12)6-3-1-2-5(4-6)7-8(10(13)17)15-16-14-7/h1-4,9H,(H2,13,17)(H,14,15,16). The van der Waals surface area contributed by atoms with Crippen LogP contribution in [-0.4, -0.2) is 21.3 Å². The van der Waals surface area contributed by atoms with Gasteiger partial charge < -0.3 is 5.73 Å². The summed E-state index contributed by atoms with van der Waals surface area (Å²) in [6.45, 7) is 0. The van der Waals surface area contributed by atoms with Crippen LogP contribution in [0.4, 0.5) is 8.78 Å². The number of hydrogen-bond acceptors (Lipinski definition) is 3. The van der Waals surface area contributed by atoms with Crippen molar-refractivity contribution in [1.29, 1.82) is 0 Å². The quantitative estimate of drug-likeness (QED) is 0.849. The number of benzene rings is 1. The molecule has 0 unspecified atom stereocenters. The molecule has 0 spiro atoms. The second-order valence-electron chi connectivity index (χ2n) is 3.31. The van der Waals surface area contributed by atoms with Crippen molar-refractivity contribution in [2.75, 3.05) is 0 Å². The predicted molar refractivity (Wildman–Crippen MR) is 55.3 cm³/mol. The van der Waals surface area contributed by atoms with E-state index in [4.69, 9.17) is 5.73 Å². The summed E-state index contributed by atoms with van der Waals surface area (Å²) in [5.41, 5.74) is 5.39. The number of aromatic nitrogens is 3. The van der Waals surface area contributed by atoms with Gasteiger partial charge >= 0.3 is 0 Å². The van der Waals surface area contributed by atoms with Crippen LogP contribution in [0.5, 0.6) is 0 Å². The summed E-state index contributed by atoms with van der Waals surface area (Å²) >= 11 is 0. The first-order chi connectivity index (χ1) is 8.09. The van der Waals surface area contributed by atoms with Crippen LogP contribution in [0.1, 0.15) is 22.5 Å². The maximum absolute atomic E-state index is 12.5. The number of nitrogens with one attached hydrogen (secondary N) is 1. The van der Waals surface area contributed by atoms with Crippen molar-refractivity contribution in [2.45, 2.75) is 6.43 Å². The van der Waals surface area contributed by atoms with E-state index >= 15 is 0 Å². The summed E-state index contributed by atoms with van der Waals surface area (Å²) in [4.78, 5) is 11.0. The van der Waals surface area contributed by atoms with E-state index in [1.165, 1.54) is 18.2 Å². The third kappa shape index (κ3) is 2.12. The van der Waals surface area contributed by atoms with Crippen molar-refractivity contribution < 1.29 is 13.6 Å². The number of alkyl halides is 2. The van der Waals surface area contributed by atoms with Gasteiger partial charge in [0, 0.05) is 11.1 Å². The number of nitrogens with two attached hydrogens (primary N) is 1. The molecule has 0 aliphatic carbocycles. The Morgan fingerprint density at radius 3 is 2.76 bits per heavy atom. The fourth-order valence-electron chi connectivity index (χ4n) is 1.43. The first-order valence-electron chi connectivity index (χ1n) is 4.68. The number of nitrogens with zero attached hydrogens (tertiary/aromatic N) is 2. The highest BCUT2D eigenvalue weighted by atomic mass is 19.3. The van der Waals surface area contributed by atoms with Gasteiger partial charge in [0.25, 0.3) is 12.3 Å². The van der Waals surface area contributed by atoms with Crippen LogP contribution in [-0.2, 0) is 0 Å². The molecule has 0 aliphatic rings. The normalized spacial score (nSPS) is 10.8. The summed E-state index contributed by atoms with van der Waals surface area (Å²) < 4.78 is 25.0. The topological polar surface area (TPSA) is 84.7 Å². The fourth-order valence-corrected chi connectivity index (χ4v) is 1.43. The van der Waals surface area contributed by atoms with Crippen molar-refractivity contribution >= 4 is 5.91 Å². The van der Waals surface area contributed by atoms with Crippen LogP contribution in [0, 0.1) is 0 Å². The molecule has 2 rings (SSSR count). The summed E-state index contributed by atoms with van der Waals surface area (Å²) in [6.07, 6.45) is -2.58. The number of halogens is 2. The Bertz CT molecular complexity index is 553. The van der Waals surface area contributed by atoms with E-state index in [0.717, 1.165) is 0 Å². The molecular weight excluding hydrogens is 230 g/mol. The largest absolute Gasteiger partial charge is 0.364 e. The summed E-state index contributed by atoms with van der Waals surface area (Å²) in [6, 6.07) is 5.54. The van der Waals surface area contributed by atoms with E-state index in [9.17, 15) is 13.6 Å². The first kappa shape index (κ1) is 11.2.